The molecule has 2 aliphatic heterocycles. The molecule has 3 fully saturated rings. The molecule has 6 heteroatoms. The van der Waals surface area contributed by atoms with Crippen molar-refractivity contribution in [1.82, 2.24) is 15.1 Å². The van der Waals surface area contributed by atoms with Crippen LogP contribution in [0.5, 0.6) is 0 Å². The first kappa shape index (κ1) is 20.4. The molecule has 3 aliphatic rings. The summed E-state index contributed by atoms with van der Waals surface area (Å²) in [7, 11) is 0. The molecule has 0 aromatic rings. The van der Waals surface area contributed by atoms with E-state index in [9.17, 15) is 9.59 Å². The van der Waals surface area contributed by atoms with Crippen molar-refractivity contribution in [2.75, 3.05) is 32.8 Å². The molecule has 0 aromatic heterocycles. The van der Waals surface area contributed by atoms with E-state index in [-0.39, 0.29) is 17.9 Å². The Balaban J connectivity index is 1.42. The molecule has 0 radical (unpaired) electrons. The number of carbonyl (C=O) groups excluding carboxylic acids is 2. The van der Waals surface area contributed by atoms with Gasteiger partial charge in [0, 0.05) is 31.1 Å². The van der Waals surface area contributed by atoms with Gasteiger partial charge in [0.25, 0.3) is 0 Å². The van der Waals surface area contributed by atoms with Crippen LogP contribution in [0.25, 0.3) is 0 Å². The second-order valence-corrected chi connectivity index (χ2v) is 8.60. The van der Waals surface area contributed by atoms with Gasteiger partial charge in [-0.25, -0.2) is 4.79 Å². The van der Waals surface area contributed by atoms with Crippen LogP contribution in [0.15, 0.2) is 0 Å². The maximum absolute atomic E-state index is 12.6. The molecule has 2 amide bonds. The lowest BCUT2D eigenvalue weighted by molar-refractivity contribution is -0.127. The Kier molecular flexibility index (Phi) is 7.39. The number of nitrogens with one attached hydrogen (secondary N) is 1. The Morgan fingerprint density at radius 3 is 2.41 bits per heavy atom. The van der Waals surface area contributed by atoms with Crippen molar-refractivity contribution in [2.45, 2.75) is 77.3 Å². The fraction of sp³-hybridized carbons (Fsp3) is 0.905. The van der Waals surface area contributed by atoms with Crippen molar-refractivity contribution in [2.24, 2.45) is 11.8 Å². The summed E-state index contributed by atoms with van der Waals surface area (Å²) in [6, 6.07) is 0.925. The molecular weight excluding hydrogens is 342 g/mol. The van der Waals surface area contributed by atoms with E-state index in [0.717, 1.165) is 64.7 Å². The Morgan fingerprint density at radius 2 is 1.74 bits per heavy atom. The van der Waals surface area contributed by atoms with Gasteiger partial charge in [-0.05, 0) is 70.9 Å². The largest absolute Gasteiger partial charge is 0.450 e. The number of ether oxygens (including phenoxy) is 1. The normalized spacial score (nSPS) is 30.7. The van der Waals surface area contributed by atoms with E-state index < -0.39 is 0 Å². The molecule has 27 heavy (non-hydrogen) atoms. The topological polar surface area (TPSA) is 61.9 Å². The fourth-order valence-electron chi connectivity index (χ4n) is 5.03. The van der Waals surface area contributed by atoms with Gasteiger partial charge in [0.2, 0.25) is 5.91 Å². The molecule has 0 spiro atoms. The lowest BCUT2D eigenvalue weighted by atomic mass is 9.93. The van der Waals surface area contributed by atoms with Gasteiger partial charge < -0.3 is 19.9 Å². The van der Waals surface area contributed by atoms with Crippen LogP contribution in [0.4, 0.5) is 4.79 Å². The summed E-state index contributed by atoms with van der Waals surface area (Å²) in [6.07, 6.45) is 8.56. The molecule has 154 valence electrons. The van der Waals surface area contributed by atoms with E-state index in [2.05, 4.69) is 17.1 Å². The Morgan fingerprint density at radius 1 is 0.963 bits per heavy atom. The zero-order valence-corrected chi connectivity index (χ0v) is 17.1. The highest BCUT2D eigenvalue weighted by Gasteiger charge is 2.32. The third-order valence-electron chi connectivity index (χ3n) is 6.83. The molecule has 0 aromatic carbocycles. The van der Waals surface area contributed by atoms with Crippen molar-refractivity contribution in [1.29, 1.82) is 0 Å². The van der Waals surface area contributed by atoms with Crippen LogP contribution >= 0.6 is 0 Å². The molecule has 2 unspecified atom stereocenters. The van der Waals surface area contributed by atoms with Gasteiger partial charge in [0.05, 0.1) is 6.61 Å². The quantitative estimate of drug-likeness (QED) is 0.816. The molecule has 3 atom stereocenters. The fourth-order valence-corrected chi connectivity index (χ4v) is 5.03. The minimum atomic E-state index is -0.172. The molecule has 1 aliphatic carbocycles. The summed E-state index contributed by atoms with van der Waals surface area (Å²) < 4.78 is 5.15. The summed E-state index contributed by atoms with van der Waals surface area (Å²) in [6.45, 7) is 8.13. The van der Waals surface area contributed by atoms with Crippen molar-refractivity contribution >= 4 is 12.0 Å². The van der Waals surface area contributed by atoms with Crippen LogP contribution in [0.2, 0.25) is 0 Å². The van der Waals surface area contributed by atoms with Crippen molar-refractivity contribution in [3.63, 3.8) is 0 Å². The van der Waals surface area contributed by atoms with Crippen LogP contribution in [0.3, 0.4) is 0 Å². The summed E-state index contributed by atoms with van der Waals surface area (Å²) in [4.78, 5) is 29.0. The molecular formula is C21H37N3O3. The highest BCUT2D eigenvalue weighted by molar-refractivity contribution is 5.79. The molecule has 3 rings (SSSR count). The third-order valence-corrected chi connectivity index (χ3v) is 6.83. The molecule has 6 nitrogen and oxygen atoms in total. The number of nitrogens with zero attached hydrogens (tertiary/aromatic N) is 2. The van der Waals surface area contributed by atoms with Gasteiger partial charge in [0.15, 0.2) is 0 Å². The van der Waals surface area contributed by atoms with E-state index in [1.54, 1.807) is 0 Å². The lowest BCUT2D eigenvalue weighted by Gasteiger charge is -2.37. The minimum absolute atomic E-state index is 0.172. The summed E-state index contributed by atoms with van der Waals surface area (Å²) in [5, 5.41) is 3.32. The van der Waals surface area contributed by atoms with Gasteiger partial charge in [0.1, 0.15) is 0 Å². The highest BCUT2D eigenvalue weighted by atomic mass is 16.6. The van der Waals surface area contributed by atoms with Crippen LogP contribution in [-0.2, 0) is 9.53 Å². The van der Waals surface area contributed by atoms with Gasteiger partial charge in [-0.2, -0.15) is 0 Å². The van der Waals surface area contributed by atoms with Crippen LogP contribution < -0.4 is 5.32 Å². The van der Waals surface area contributed by atoms with Gasteiger partial charge in [-0.1, -0.05) is 13.3 Å². The van der Waals surface area contributed by atoms with Crippen LogP contribution in [0, 0.1) is 11.8 Å². The zero-order valence-electron chi connectivity index (χ0n) is 17.1. The minimum Gasteiger partial charge on any atom is -0.450 e. The predicted molar refractivity (Wildman–Crippen MR) is 105 cm³/mol. The van der Waals surface area contributed by atoms with Crippen molar-refractivity contribution in [3.8, 4) is 0 Å². The summed E-state index contributed by atoms with van der Waals surface area (Å²) in [5.41, 5.74) is 0. The van der Waals surface area contributed by atoms with E-state index in [1.165, 1.54) is 12.8 Å². The van der Waals surface area contributed by atoms with Gasteiger partial charge in [-0.15, -0.1) is 0 Å². The standard InChI is InChI=1S/C21H37N3O3/c1-3-27-21(26)24-12-5-7-18(11-15-24)23-13-9-17(10-14-23)20(25)22-19-8-4-6-16(19)2/h16-19H,3-15H2,1-2H3,(H,22,25)/t16?,18?,19-/m0/s1. The van der Waals surface area contributed by atoms with E-state index in [0.29, 0.717) is 24.6 Å². The number of likely N-dealkylation sites (tertiary alicyclic amines) is 2. The Labute approximate surface area is 164 Å². The number of hydrogen-bond donors (Lipinski definition) is 1. The number of hydrogen-bond acceptors (Lipinski definition) is 4. The average molecular weight is 380 g/mol. The van der Waals surface area contributed by atoms with Crippen LogP contribution in [0.1, 0.15) is 65.2 Å². The molecule has 0 bridgehead atoms. The lowest BCUT2D eigenvalue weighted by Crippen LogP contribution is -2.47. The van der Waals surface area contributed by atoms with E-state index in [1.807, 2.05) is 11.8 Å². The van der Waals surface area contributed by atoms with Crippen LogP contribution in [-0.4, -0.2) is 66.7 Å². The molecule has 2 heterocycles. The summed E-state index contributed by atoms with van der Waals surface area (Å²) >= 11 is 0. The zero-order chi connectivity index (χ0) is 19.2. The van der Waals surface area contributed by atoms with Crippen molar-refractivity contribution in [3.05, 3.63) is 0 Å². The highest BCUT2D eigenvalue weighted by Crippen LogP contribution is 2.27. The molecule has 1 saturated carbocycles. The Hall–Kier alpha value is -1.30. The Bertz CT molecular complexity index is 505. The number of piperidine rings is 1. The van der Waals surface area contributed by atoms with Crippen molar-refractivity contribution < 1.29 is 14.3 Å². The van der Waals surface area contributed by atoms with Gasteiger partial charge in [-0.3, -0.25) is 4.79 Å². The molecule has 2 saturated heterocycles. The summed E-state index contributed by atoms with van der Waals surface area (Å²) in [5.74, 6) is 1.08. The smallest absolute Gasteiger partial charge is 0.409 e. The second kappa shape index (κ2) is 9.76. The SMILES string of the molecule is CCOC(=O)N1CCCC(N2CCC(C(=O)N[C@H]3CCCC3C)CC2)CC1. The number of amides is 2. The van der Waals surface area contributed by atoms with E-state index in [4.69, 9.17) is 4.74 Å². The maximum Gasteiger partial charge on any atom is 0.409 e. The molecule has 1 N–H and O–H groups in total. The average Bonchev–Trinajstić information content (AvgIpc) is 2.93. The third kappa shape index (κ3) is 5.37. The first-order valence-electron chi connectivity index (χ1n) is 11.0. The van der Waals surface area contributed by atoms with Gasteiger partial charge >= 0.3 is 6.09 Å². The first-order chi connectivity index (χ1) is 13.1. The number of rotatable bonds is 4. The number of carbonyl (C=O) groups is 2. The first-order valence-corrected chi connectivity index (χ1v) is 11.0. The predicted octanol–water partition coefficient (Wildman–Crippen LogP) is 3.01. The maximum atomic E-state index is 12.6. The second-order valence-electron chi connectivity index (χ2n) is 8.60. The monoisotopic (exact) mass is 379 g/mol. The van der Waals surface area contributed by atoms with E-state index >= 15 is 0 Å².